The van der Waals surface area contributed by atoms with Crippen molar-refractivity contribution >= 4 is 0 Å². The minimum atomic E-state index is -0.393. The molecule has 0 amide bonds. The minimum Gasteiger partial charge on any atom is -0.508 e. The van der Waals surface area contributed by atoms with Crippen molar-refractivity contribution in [3.63, 3.8) is 0 Å². The summed E-state index contributed by atoms with van der Waals surface area (Å²) in [7, 11) is 0. The summed E-state index contributed by atoms with van der Waals surface area (Å²) < 4.78 is 6.25. The average molecular weight is 363 g/mol. The first-order valence-corrected chi connectivity index (χ1v) is 10.3. The van der Waals surface area contributed by atoms with Crippen molar-refractivity contribution in [3.8, 4) is 11.5 Å². The van der Waals surface area contributed by atoms with Crippen molar-refractivity contribution in [3.05, 3.63) is 23.3 Å². The van der Waals surface area contributed by atoms with Gasteiger partial charge in [0.05, 0.1) is 6.10 Å². The zero-order chi connectivity index (χ0) is 19.5. The molecule has 2 atom stereocenters. The smallest absolute Gasteiger partial charge is 0.127 e. The van der Waals surface area contributed by atoms with Gasteiger partial charge in [0.25, 0.3) is 0 Å². The molecular formula is C23H38O3. The van der Waals surface area contributed by atoms with Gasteiger partial charge < -0.3 is 14.9 Å². The van der Waals surface area contributed by atoms with E-state index in [1.807, 2.05) is 13.0 Å². The largest absolute Gasteiger partial charge is 0.508 e. The molecular weight excluding hydrogens is 324 g/mol. The Morgan fingerprint density at radius 3 is 2.54 bits per heavy atom. The van der Waals surface area contributed by atoms with E-state index in [9.17, 15) is 10.2 Å². The van der Waals surface area contributed by atoms with Gasteiger partial charge in [0.2, 0.25) is 0 Å². The van der Waals surface area contributed by atoms with Crippen LogP contribution in [0.3, 0.4) is 0 Å². The first-order valence-electron chi connectivity index (χ1n) is 10.3. The van der Waals surface area contributed by atoms with Crippen molar-refractivity contribution in [1.29, 1.82) is 0 Å². The second-order valence-electron chi connectivity index (χ2n) is 9.45. The summed E-state index contributed by atoms with van der Waals surface area (Å²) in [6.45, 7) is 12.7. The minimum absolute atomic E-state index is 0.00493. The molecule has 148 valence electrons. The fourth-order valence-electron chi connectivity index (χ4n) is 4.28. The monoisotopic (exact) mass is 362 g/mol. The van der Waals surface area contributed by atoms with Crippen molar-refractivity contribution in [2.75, 3.05) is 0 Å². The second kappa shape index (κ2) is 8.21. The van der Waals surface area contributed by atoms with Crippen LogP contribution in [0.4, 0.5) is 0 Å². The summed E-state index contributed by atoms with van der Waals surface area (Å²) in [4.78, 5) is 0. The average Bonchev–Trinajstić information content (AvgIpc) is 2.49. The molecule has 0 spiro atoms. The quantitative estimate of drug-likeness (QED) is 0.553. The van der Waals surface area contributed by atoms with Crippen LogP contribution in [0, 0.1) is 0 Å². The molecule has 2 rings (SSSR count). The molecule has 0 bridgehead atoms. The Hall–Kier alpha value is -1.22. The maximum absolute atomic E-state index is 10.8. The van der Waals surface area contributed by atoms with Gasteiger partial charge in [-0.2, -0.15) is 0 Å². The Morgan fingerprint density at radius 1 is 1.23 bits per heavy atom. The van der Waals surface area contributed by atoms with Gasteiger partial charge in [-0.1, -0.05) is 46.5 Å². The number of unbranched alkanes of at least 4 members (excludes halogenated alkanes) is 3. The topological polar surface area (TPSA) is 49.7 Å². The Bertz CT molecular complexity index is 602. The van der Waals surface area contributed by atoms with Gasteiger partial charge in [-0.25, -0.2) is 0 Å². The highest BCUT2D eigenvalue weighted by Gasteiger charge is 2.37. The third-order valence-corrected chi connectivity index (χ3v) is 5.72. The van der Waals surface area contributed by atoms with Crippen molar-refractivity contribution in [1.82, 2.24) is 0 Å². The number of phenolic OH excluding ortho intramolecular Hbond substituents is 1. The molecule has 1 aliphatic rings. The molecule has 3 heteroatoms. The molecule has 26 heavy (non-hydrogen) atoms. The SMILES string of the molecule is CCCCCCC(C)(C)c1cc(O)c2c(c1)OC(C)(C)CC2CC(C)O. The van der Waals surface area contributed by atoms with E-state index in [1.54, 1.807) is 0 Å². The standard InChI is InChI=1S/C23H38O3/c1-7-8-9-10-11-22(3,4)18-13-19(25)21-17(12-16(2)24)15-23(5,6)26-20(21)14-18/h13-14,16-17,24-25H,7-12,15H2,1-6H3. The lowest BCUT2D eigenvalue weighted by Gasteiger charge is -2.39. The summed E-state index contributed by atoms with van der Waals surface area (Å²) in [5.41, 5.74) is 1.72. The molecule has 0 aromatic heterocycles. The van der Waals surface area contributed by atoms with Crippen LogP contribution in [0.5, 0.6) is 11.5 Å². The Labute approximate surface area is 159 Å². The third-order valence-electron chi connectivity index (χ3n) is 5.72. The van der Waals surface area contributed by atoms with Gasteiger partial charge in [-0.15, -0.1) is 0 Å². The fraction of sp³-hybridized carbons (Fsp3) is 0.739. The highest BCUT2D eigenvalue weighted by Crippen LogP contribution is 2.49. The van der Waals surface area contributed by atoms with Gasteiger partial charge >= 0.3 is 0 Å². The summed E-state index contributed by atoms with van der Waals surface area (Å²) in [6, 6.07) is 4.06. The molecule has 0 fully saturated rings. The maximum atomic E-state index is 10.8. The van der Waals surface area contributed by atoms with Gasteiger partial charge in [-0.3, -0.25) is 0 Å². The normalized spacial score (nSPS) is 20.3. The number of fused-ring (bicyclic) bond motifs is 1. The van der Waals surface area contributed by atoms with E-state index in [2.05, 4.69) is 40.7 Å². The second-order valence-corrected chi connectivity index (χ2v) is 9.45. The van der Waals surface area contributed by atoms with Gasteiger partial charge in [-0.05, 0) is 69.1 Å². The van der Waals surface area contributed by atoms with Crippen LogP contribution in [-0.4, -0.2) is 21.9 Å². The molecule has 1 heterocycles. The van der Waals surface area contributed by atoms with Crippen LogP contribution >= 0.6 is 0 Å². The first-order chi connectivity index (χ1) is 12.1. The lowest BCUT2D eigenvalue weighted by atomic mass is 9.76. The van der Waals surface area contributed by atoms with E-state index in [-0.39, 0.29) is 16.9 Å². The predicted octanol–water partition coefficient (Wildman–Crippen LogP) is 6.06. The molecule has 0 saturated carbocycles. The van der Waals surface area contributed by atoms with Crippen LogP contribution in [0.15, 0.2) is 12.1 Å². The van der Waals surface area contributed by atoms with Gasteiger partial charge in [0.1, 0.15) is 17.1 Å². The third kappa shape index (κ3) is 5.16. The van der Waals surface area contributed by atoms with E-state index >= 15 is 0 Å². The first kappa shape index (κ1) is 21.1. The van der Waals surface area contributed by atoms with Crippen LogP contribution in [-0.2, 0) is 5.41 Å². The summed E-state index contributed by atoms with van der Waals surface area (Å²) >= 11 is 0. The number of rotatable bonds is 8. The number of aliphatic hydroxyl groups is 1. The zero-order valence-corrected chi connectivity index (χ0v) is 17.6. The summed E-state index contributed by atoms with van der Waals surface area (Å²) in [6.07, 6.45) is 7.15. The molecule has 0 saturated heterocycles. The van der Waals surface area contributed by atoms with Crippen LogP contribution in [0.1, 0.15) is 104 Å². The maximum Gasteiger partial charge on any atom is 0.127 e. The zero-order valence-electron chi connectivity index (χ0n) is 17.6. The Morgan fingerprint density at radius 2 is 1.92 bits per heavy atom. The number of aromatic hydroxyl groups is 1. The number of benzene rings is 1. The lowest BCUT2D eigenvalue weighted by Crippen LogP contribution is -2.36. The van der Waals surface area contributed by atoms with Crippen LogP contribution in [0.2, 0.25) is 0 Å². The Kier molecular flexibility index (Phi) is 6.65. The predicted molar refractivity (Wildman–Crippen MR) is 108 cm³/mol. The molecule has 1 aromatic rings. The number of aliphatic hydroxyl groups excluding tert-OH is 1. The summed E-state index contributed by atoms with van der Waals surface area (Å²) in [5.74, 6) is 1.24. The molecule has 0 aliphatic carbocycles. The van der Waals surface area contributed by atoms with E-state index in [0.717, 1.165) is 29.7 Å². The number of hydrogen-bond acceptors (Lipinski definition) is 3. The van der Waals surface area contributed by atoms with E-state index in [0.29, 0.717) is 12.2 Å². The molecule has 0 radical (unpaired) electrons. The number of ether oxygens (including phenoxy) is 1. The molecule has 1 aliphatic heterocycles. The van der Waals surface area contributed by atoms with Gasteiger partial charge in [0, 0.05) is 5.56 Å². The van der Waals surface area contributed by atoms with Crippen molar-refractivity contribution < 1.29 is 14.9 Å². The van der Waals surface area contributed by atoms with Crippen molar-refractivity contribution in [2.24, 2.45) is 0 Å². The molecule has 2 N–H and O–H groups in total. The van der Waals surface area contributed by atoms with Crippen LogP contribution < -0.4 is 4.74 Å². The van der Waals surface area contributed by atoms with Gasteiger partial charge in [0.15, 0.2) is 0 Å². The fourth-order valence-corrected chi connectivity index (χ4v) is 4.28. The van der Waals surface area contributed by atoms with E-state index in [4.69, 9.17) is 4.74 Å². The molecule has 2 unspecified atom stereocenters. The number of phenols is 1. The van der Waals surface area contributed by atoms with E-state index in [1.165, 1.54) is 25.7 Å². The van der Waals surface area contributed by atoms with Crippen molar-refractivity contribution in [2.45, 2.75) is 110 Å². The summed E-state index contributed by atoms with van der Waals surface area (Å²) in [5, 5.41) is 20.7. The molecule has 3 nitrogen and oxygen atoms in total. The highest BCUT2D eigenvalue weighted by molar-refractivity contribution is 5.52. The highest BCUT2D eigenvalue weighted by atomic mass is 16.5. The number of hydrogen-bond donors (Lipinski definition) is 2. The van der Waals surface area contributed by atoms with E-state index < -0.39 is 6.10 Å². The van der Waals surface area contributed by atoms with Crippen LogP contribution in [0.25, 0.3) is 0 Å². The lowest BCUT2D eigenvalue weighted by molar-refractivity contribution is 0.0589. The Balaban J connectivity index is 2.32. The molecule has 1 aromatic carbocycles.